The zero-order chi connectivity index (χ0) is 22.3. The smallest absolute Gasteiger partial charge is 0.392 e. The predicted octanol–water partition coefficient (Wildman–Crippen LogP) is 3.85. The van der Waals surface area contributed by atoms with Crippen LogP contribution in [0.25, 0.3) is 10.2 Å². The van der Waals surface area contributed by atoms with Crippen molar-refractivity contribution < 1.29 is 23.1 Å². The average Bonchev–Trinajstić information content (AvgIpc) is 3.19. The van der Waals surface area contributed by atoms with Crippen LogP contribution < -0.4 is 10.6 Å². The lowest BCUT2D eigenvalue weighted by molar-refractivity contribution is -0.137. The van der Waals surface area contributed by atoms with Gasteiger partial charge >= 0.3 is 6.18 Å². The first kappa shape index (κ1) is 23.5. The van der Waals surface area contributed by atoms with Crippen molar-refractivity contribution in [1.82, 2.24) is 20.3 Å². The van der Waals surface area contributed by atoms with Crippen LogP contribution in [-0.2, 0) is 12.7 Å². The molecule has 0 aromatic carbocycles. The van der Waals surface area contributed by atoms with Crippen molar-refractivity contribution in [3.05, 3.63) is 46.7 Å². The minimum Gasteiger partial charge on any atom is -0.392 e. The molecule has 3 rings (SSSR count). The summed E-state index contributed by atoms with van der Waals surface area (Å²) >= 11 is 1.29. The van der Waals surface area contributed by atoms with Gasteiger partial charge in [-0.15, -0.1) is 11.3 Å². The van der Waals surface area contributed by atoms with Crippen LogP contribution in [0.4, 0.5) is 19.1 Å². The van der Waals surface area contributed by atoms with E-state index in [4.69, 9.17) is 0 Å². The topological polar surface area (TPSA) is 100 Å². The molecule has 1 atom stereocenters. The average molecular weight is 441 g/mol. The fourth-order valence-corrected chi connectivity index (χ4v) is 3.16. The van der Waals surface area contributed by atoms with Crippen LogP contribution in [0, 0.1) is 0 Å². The first-order valence-electron chi connectivity index (χ1n) is 9.20. The normalized spacial score (nSPS) is 12.1. The Morgan fingerprint density at radius 1 is 1.27 bits per heavy atom. The Bertz CT molecular complexity index is 992. The third-order valence-corrected chi connectivity index (χ3v) is 4.56. The number of hydrogen-bond donors (Lipinski definition) is 3. The van der Waals surface area contributed by atoms with Gasteiger partial charge in [0.15, 0.2) is 5.69 Å². The highest BCUT2D eigenvalue weighted by Gasteiger charge is 2.31. The number of anilines is 1. The van der Waals surface area contributed by atoms with Crippen molar-refractivity contribution in [3.63, 3.8) is 0 Å². The van der Waals surface area contributed by atoms with Gasteiger partial charge in [0.05, 0.1) is 21.9 Å². The number of fused-ring (bicyclic) bond motifs is 1. The molecule has 162 valence electrons. The number of nitrogens with one attached hydrogen (secondary N) is 2. The quantitative estimate of drug-likeness (QED) is 0.537. The number of carbonyl (C=O) groups excluding carboxylic acids is 1. The zero-order valence-electron chi connectivity index (χ0n) is 16.6. The van der Waals surface area contributed by atoms with Gasteiger partial charge in [0.2, 0.25) is 5.95 Å². The lowest BCUT2D eigenvalue weighted by Gasteiger charge is -2.11. The van der Waals surface area contributed by atoms with Crippen LogP contribution in [0.1, 0.15) is 42.4 Å². The van der Waals surface area contributed by atoms with Gasteiger partial charge in [-0.25, -0.2) is 9.97 Å². The number of thiophene rings is 1. The van der Waals surface area contributed by atoms with Crippen LogP contribution in [0.15, 0.2) is 29.9 Å². The summed E-state index contributed by atoms with van der Waals surface area (Å²) in [6, 6.07) is 2.70. The monoisotopic (exact) mass is 441 g/mol. The van der Waals surface area contributed by atoms with E-state index < -0.39 is 23.8 Å². The molecule has 3 aromatic rings. The molecule has 0 spiro atoms. The number of halogens is 3. The number of rotatable bonds is 6. The van der Waals surface area contributed by atoms with Crippen molar-refractivity contribution in [2.24, 2.45) is 0 Å². The number of pyridine rings is 1. The van der Waals surface area contributed by atoms with E-state index in [1.165, 1.54) is 24.5 Å². The Kier molecular flexibility index (Phi) is 8.07. The van der Waals surface area contributed by atoms with Crippen molar-refractivity contribution in [1.29, 1.82) is 0 Å². The molecule has 1 amide bonds. The van der Waals surface area contributed by atoms with E-state index in [2.05, 4.69) is 25.6 Å². The Morgan fingerprint density at radius 3 is 2.67 bits per heavy atom. The summed E-state index contributed by atoms with van der Waals surface area (Å²) in [5.74, 6) is -0.370. The Morgan fingerprint density at radius 2 is 2.00 bits per heavy atom. The lowest BCUT2D eigenvalue weighted by Crippen LogP contribution is -2.31. The SMILES string of the molecule is CC.CC(O)CNC(=O)c1nc(NCc2cncc(C(F)(F)F)c2)nc2ccsc12. The van der Waals surface area contributed by atoms with Gasteiger partial charge in [0.1, 0.15) is 0 Å². The number of aromatic nitrogens is 3. The molecular formula is C19H22F3N5O2S. The molecule has 0 bridgehead atoms. The van der Waals surface area contributed by atoms with E-state index in [9.17, 15) is 23.1 Å². The molecule has 11 heteroatoms. The van der Waals surface area contributed by atoms with Crippen LogP contribution in [0.2, 0.25) is 0 Å². The molecule has 7 nitrogen and oxygen atoms in total. The third kappa shape index (κ3) is 6.10. The van der Waals surface area contributed by atoms with Gasteiger partial charge in [0, 0.05) is 25.5 Å². The van der Waals surface area contributed by atoms with Crippen LogP contribution in [0.3, 0.4) is 0 Å². The maximum atomic E-state index is 12.8. The fraction of sp³-hybridized carbons (Fsp3) is 0.368. The number of aliphatic hydroxyl groups is 1. The second-order valence-corrected chi connectivity index (χ2v) is 6.94. The molecule has 0 aliphatic rings. The minimum atomic E-state index is -4.48. The Hall–Kier alpha value is -2.79. The standard InChI is InChI=1S/C17H16F3N5O2S.C2H6/c1-9(26)5-22-15(27)13-14-12(2-3-28-14)24-16(25-13)23-7-10-4-11(8-21-6-10)17(18,19)20;1-2/h2-4,6,8-9,26H,5,7H2,1H3,(H,22,27)(H,23,24,25);1-2H3. The maximum Gasteiger partial charge on any atom is 0.417 e. The van der Waals surface area contributed by atoms with Crippen molar-refractivity contribution in [2.75, 3.05) is 11.9 Å². The molecule has 0 saturated heterocycles. The summed E-state index contributed by atoms with van der Waals surface area (Å²) in [5.41, 5.74) is 0.111. The molecule has 1 unspecified atom stereocenters. The van der Waals surface area contributed by atoms with Crippen molar-refractivity contribution >= 4 is 33.4 Å². The van der Waals surface area contributed by atoms with E-state index in [1.807, 2.05) is 13.8 Å². The van der Waals surface area contributed by atoms with Gasteiger partial charge in [-0.1, -0.05) is 13.8 Å². The predicted molar refractivity (Wildman–Crippen MR) is 109 cm³/mol. The number of nitrogens with zero attached hydrogens (tertiary/aromatic N) is 3. The second kappa shape index (κ2) is 10.3. The largest absolute Gasteiger partial charge is 0.417 e. The summed E-state index contributed by atoms with van der Waals surface area (Å²) in [7, 11) is 0. The van der Waals surface area contributed by atoms with Gasteiger partial charge in [-0.05, 0) is 30.0 Å². The summed E-state index contributed by atoms with van der Waals surface area (Å²) in [6.45, 7) is 5.60. The summed E-state index contributed by atoms with van der Waals surface area (Å²) in [4.78, 5) is 24.4. The van der Waals surface area contributed by atoms with E-state index in [0.717, 1.165) is 12.3 Å². The maximum absolute atomic E-state index is 12.8. The van der Waals surface area contributed by atoms with Crippen LogP contribution in [-0.4, -0.2) is 38.6 Å². The summed E-state index contributed by atoms with van der Waals surface area (Å²) < 4.78 is 39.0. The molecule has 3 N–H and O–H groups in total. The second-order valence-electron chi connectivity index (χ2n) is 6.02. The molecule has 0 aliphatic carbocycles. The van der Waals surface area contributed by atoms with Crippen molar-refractivity contribution in [3.8, 4) is 0 Å². The fourth-order valence-electron chi connectivity index (χ4n) is 2.34. The molecular weight excluding hydrogens is 419 g/mol. The summed E-state index contributed by atoms with van der Waals surface area (Å²) in [6.07, 6.45) is -3.14. The Labute approximate surface area is 175 Å². The number of amides is 1. The van der Waals surface area contributed by atoms with Gasteiger partial charge in [-0.2, -0.15) is 13.2 Å². The zero-order valence-corrected chi connectivity index (χ0v) is 17.4. The van der Waals surface area contributed by atoms with Crippen LogP contribution in [0.5, 0.6) is 0 Å². The third-order valence-electron chi connectivity index (χ3n) is 3.65. The lowest BCUT2D eigenvalue weighted by atomic mass is 10.2. The number of alkyl halides is 3. The molecule has 3 heterocycles. The number of aliphatic hydroxyl groups excluding tert-OH is 1. The van der Waals surface area contributed by atoms with E-state index in [1.54, 1.807) is 11.4 Å². The number of carbonyl (C=O) groups is 1. The highest BCUT2D eigenvalue weighted by molar-refractivity contribution is 7.17. The van der Waals surface area contributed by atoms with Gasteiger partial charge in [0.25, 0.3) is 5.91 Å². The Balaban J connectivity index is 0.00000155. The molecule has 0 radical (unpaired) electrons. The highest BCUT2D eigenvalue weighted by Crippen LogP contribution is 2.29. The molecule has 3 aromatic heterocycles. The number of hydrogen-bond acceptors (Lipinski definition) is 7. The van der Waals surface area contributed by atoms with E-state index in [0.29, 0.717) is 15.8 Å². The van der Waals surface area contributed by atoms with E-state index in [-0.39, 0.29) is 24.7 Å². The van der Waals surface area contributed by atoms with Crippen molar-refractivity contribution in [2.45, 2.75) is 39.6 Å². The first-order chi connectivity index (χ1) is 14.2. The molecule has 0 saturated carbocycles. The molecule has 0 fully saturated rings. The minimum absolute atomic E-state index is 0.00129. The summed E-state index contributed by atoms with van der Waals surface area (Å²) in [5, 5.41) is 16.5. The molecule has 30 heavy (non-hydrogen) atoms. The van der Waals surface area contributed by atoms with E-state index >= 15 is 0 Å². The van der Waals surface area contributed by atoms with Gasteiger partial charge in [-0.3, -0.25) is 9.78 Å². The highest BCUT2D eigenvalue weighted by atomic mass is 32.1. The van der Waals surface area contributed by atoms with Gasteiger partial charge < -0.3 is 15.7 Å². The first-order valence-corrected chi connectivity index (χ1v) is 10.1. The van der Waals surface area contributed by atoms with Crippen LogP contribution >= 0.6 is 11.3 Å². The molecule has 0 aliphatic heterocycles.